The van der Waals surface area contributed by atoms with E-state index in [1.54, 1.807) is 6.07 Å². The van der Waals surface area contributed by atoms with Crippen LogP contribution >= 0.6 is 0 Å². The molecule has 1 aliphatic carbocycles. The van der Waals surface area contributed by atoms with Gasteiger partial charge < -0.3 is 10.1 Å². The molecule has 0 bridgehead atoms. The average Bonchev–Trinajstić information content (AvgIpc) is 3.23. The lowest BCUT2D eigenvalue weighted by Crippen LogP contribution is -2.15. The maximum Gasteiger partial charge on any atom is 0.165 e. The van der Waals surface area contributed by atoms with E-state index in [4.69, 9.17) is 10.00 Å². The van der Waals surface area contributed by atoms with Crippen LogP contribution in [0, 0.1) is 22.6 Å². The summed E-state index contributed by atoms with van der Waals surface area (Å²) in [5, 5.41) is 12.3. The molecule has 1 saturated carbocycles. The molecule has 0 spiro atoms. The van der Waals surface area contributed by atoms with Crippen LogP contribution in [0.1, 0.15) is 38.7 Å². The van der Waals surface area contributed by atoms with Gasteiger partial charge in [-0.2, -0.15) is 5.26 Å². The topological polar surface area (TPSA) is 45.0 Å². The Morgan fingerprint density at radius 2 is 2.20 bits per heavy atom. The summed E-state index contributed by atoms with van der Waals surface area (Å²) in [6.45, 7) is 4.74. The molecule has 1 aromatic rings. The minimum absolute atomic E-state index is 0.258. The second-order valence-electron chi connectivity index (χ2n) is 6.01. The Labute approximate surface area is 119 Å². The van der Waals surface area contributed by atoms with Crippen LogP contribution in [-0.2, 0) is 6.54 Å². The standard InChI is InChI=1S/C16H21FN2O/c1-16(2,11-18)7-8-20-15-6-3-12(9-14(15)17)10-19-13-4-5-13/h3,6,9,13,19H,4-5,7-8,10H2,1-2H3. The van der Waals surface area contributed by atoms with Gasteiger partial charge in [0.15, 0.2) is 11.6 Å². The van der Waals surface area contributed by atoms with Crippen LogP contribution in [0.5, 0.6) is 5.75 Å². The van der Waals surface area contributed by atoms with Gasteiger partial charge in [0.25, 0.3) is 0 Å². The number of nitrogens with one attached hydrogen (secondary N) is 1. The third-order valence-electron chi connectivity index (χ3n) is 3.46. The zero-order chi connectivity index (χ0) is 14.6. The average molecular weight is 276 g/mol. The number of hydrogen-bond donors (Lipinski definition) is 1. The molecule has 0 aliphatic heterocycles. The van der Waals surface area contributed by atoms with Crippen molar-refractivity contribution in [2.24, 2.45) is 5.41 Å². The van der Waals surface area contributed by atoms with Crippen LogP contribution in [0.15, 0.2) is 18.2 Å². The fourth-order valence-electron chi connectivity index (χ4n) is 1.79. The molecule has 0 atom stereocenters. The van der Waals surface area contributed by atoms with Gasteiger partial charge in [-0.25, -0.2) is 4.39 Å². The van der Waals surface area contributed by atoms with Crippen LogP contribution < -0.4 is 10.1 Å². The van der Waals surface area contributed by atoms with Gasteiger partial charge in [-0.05, 0) is 50.8 Å². The fraction of sp³-hybridized carbons (Fsp3) is 0.562. The van der Waals surface area contributed by atoms with Crippen molar-refractivity contribution in [1.29, 1.82) is 5.26 Å². The molecule has 1 aliphatic rings. The summed E-state index contributed by atoms with van der Waals surface area (Å²) in [5.74, 6) is -0.0798. The molecule has 108 valence electrons. The molecule has 0 amide bonds. The number of rotatable bonds is 7. The van der Waals surface area contributed by atoms with Gasteiger partial charge in [0, 0.05) is 12.6 Å². The van der Waals surface area contributed by atoms with E-state index in [1.807, 2.05) is 19.9 Å². The van der Waals surface area contributed by atoms with Gasteiger partial charge in [-0.1, -0.05) is 6.07 Å². The Kier molecular flexibility index (Phi) is 4.61. The molecule has 1 fully saturated rings. The molecule has 2 rings (SSSR count). The Morgan fingerprint density at radius 3 is 2.80 bits per heavy atom. The highest BCUT2D eigenvalue weighted by Gasteiger charge is 2.20. The summed E-state index contributed by atoms with van der Waals surface area (Å²) in [7, 11) is 0. The summed E-state index contributed by atoms with van der Waals surface area (Å²) in [6, 6.07) is 7.87. The van der Waals surface area contributed by atoms with Crippen molar-refractivity contribution in [1.82, 2.24) is 5.32 Å². The molecule has 0 radical (unpaired) electrons. The zero-order valence-corrected chi connectivity index (χ0v) is 12.1. The molecule has 0 unspecified atom stereocenters. The predicted molar refractivity (Wildman–Crippen MR) is 75.8 cm³/mol. The minimum Gasteiger partial charge on any atom is -0.490 e. The van der Waals surface area contributed by atoms with E-state index in [1.165, 1.54) is 18.9 Å². The summed E-state index contributed by atoms with van der Waals surface area (Å²) in [6.07, 6.45) is 3.02. The van der Waals surface area contributed by atoms with Gasteiger partial charge in [-0.15, -0.1) is 0 Å². The molecule has 1 aromatic carbocycles. The molecular formula is C16H21FN2O. The second kappa shape index (κ2) is 6.23. The molecular weight excluding hydrogens is 255 g/mol. The zero-order valence-electron chi connectivity index (χ0n) is 12.1. The maximum atomic E-state index is 13.9. The van der Waals surface area contributed by atoms with Crippen LogP contribution in [0.25, 0.3) is 0 Å². The van der Waals surface area contributed by atoms with Crippen molar-refractivity contribution in [3.8, 4) is 11.8 Å². The molecule has 0 saturated heterocycles. The third kappa shape index (κ3) is 4.50. The molecule has 3 nitrogen and oxygen atoms in total. The van der Waals surface area contributed by atoms with E-state index in [0.717, 1.165) is 5.56 Å². The van der Waals surface area contributed by atoms with Gasteiger partial charge >= 0.3 is 0 Å². The summed E-state index contributed by atoms with van der Waals surface area (Å²) in [5.41, 5.74) is 0.490. The lowest BCUT2D eigenvalue weighted by atomic mass is 9.92. The van der Waals surface area contributed by atoms with Gasteiger partial charge in [0.1, 0.15) is 0 Å². The van der Waals surface area contributed by atoms with Crippen molar-refractivity contribution in [2.75, 3.05) is 6.61 Å². The molecule has 20 heavy (non-hydrogen) atoms. The smallest absolute Gasteiger partial charge is 0.165 e. The summed E-state index contributed by atoms with van der Waals surface area (Å²) < 4.78 is 19.3. The normalized spacial score (nSPS) is 14.9. The Morgan fingerprint density at radius 1 is 1.45 bits per heavy atom. The van der Waals surface area contributed by atoms with Crippen molar-refractivity contribution < 1.29 is 9.13 Å². The van der Waals surface area contributed by atoms with E-state index >= 15 is 0 Å². The maximum absolute atomic E-state index is 13.9. The first-order valence-corrected chi connectivity index (χ1v) is 7.06. The van der Waals surface area contributed by atoms with Crippen LogP contribution in [-0.4, -0.2) is 12.6 Å². The number of hydrogen-bond acceptors (Lipinski definition) is 3. The van der Waals surface area contributed by atoms with Crippen molar-refractivity contribution in [3.63, 3.8) is 0 Å². The summed E-state index contributed by atoms with van der Waals surface area (Å²) >= 11 is 0. The first-order chi connectivity index (χ1) is 9.50. The number of benzene rings is 1. The van der Waals surface area contributed by atoms with E-state index in [0.29, 0.717) is 25.6 Å². The van der Waals surface area contributed by atoms with E-state index in [9.17, 15) is 4.39 Å². The van der Waals surface area contributed by atoms with Gasteiger partial charge in [-0.3, -0.25) is 0 Å². The molecule has 0 heterocycles. The van der Waals surface area contributed by atoms with E-state index in [-0.39, 0.29) is 11.6 Å². The van der Waals surface area contributed by atoms with Crippen LogP contribution in [0.2, 0.25) is 0 Å². The molecule has 0 aromatic heterocycles. The SMILES string of the molecule is CC(C)(C#N)CCOc1ccc(CNC2CC2)cc1F. The van der Waals surface area contributed by atoms with E-state index in [2.05, 4.69) is 11.4 Å². The number of nitrogens with zero attached hydrogens (tertiary/aromatic N) is 1. The second-order valence-corrected chi connectivity index (χ2v) is 6.01. The number of nitriles is 1. The highest BCUT2D eigenvalue weighted by molar-refractivity contribution is 5.29. The highest BCUT2D eigenvalue weighted by Crippen LogP contribution is 2.23. The third-order valence-corrected chi connectivity index (χ3v) is 3.46. The quantitative estimate of drug-likeness (QED) is 0.830. The highest BCUT2D eigenvalue weighted by atomic mass is 19.1. The van der Waals surface area contributed by atoms with Crippen molar-refractivity contribution in [2.45, 2.75) is 45.7 Å². The Balaban J connectivity index is 1.84. The minimum atomic E-state index is -0.440. The van der Waals surface area contributed by atoms with Gasteiger partial charge in [0.2, 0.25) is 0 Å². The predicted octanol–water partition coefficient (Wildman–Crippen LogP) is 3.40. The van der Waals surface area contributed by atoms with Crippen LogP contribution in [0.4, 0.5) is 4.39 Å². The fourth-order valence-corrected chi connectivity index (χ4v) is 1.79. The van der Waals surface area contributed by atoms with Crippen molar-refractivity contribution >= 4 is 0 Å². The Hall–Kier alpha value is -1.60. The Bertz CT molecular complexity index is 504. The first kappa shape index (κ1) is 14.8. The van der Waals surface area contributed by atoms with Gasteiger partial charge in [0.05, 0.1) is 18.1 Å². The van der Waals surface area contributed by atoms with Crippen molar-refractivity contribution in [3.05, 3.63) is 29.6 Å². The lowest BCUT2D eigenvalue weighted by Gasteiger charge is -2.15. The number of ether oxygens (including phenoxy) is 1. The molecule has 4 heteroatoms. The first-order valence-electron chi connectivity index (χ1n) is 7.06. The largest absolute Gasteiger partial charge is 0.490 e. The summed E-state index contributed by atoms with van der Waals surface area (Å²) in [4.78, 5) is 0. The lowest BCUT2D eigenvalue weighted by molar-refractivity contribution is 0.254. The number of halogens is 1. The van der Waals surface area contributed by atoms with E-state index < -0.39 is 5.41 Å². The monoisotopic (exact) mass is 276 g/mol. The van der Waals surface area contributed by atoms with Crippen LogP contribution in [0.3, 0.4) is 0 Å². The molecule has 1 N–H and O–H groups in total.